The summed E-state index contributed by atoms with van der Waals surface area (Å²) in [6.45, 7) is 8.27. The molecular weight excluding hydrogens is 182 g/mol. The number of rotatable bonds is 2. The molecule has 0 aromatic heterocycles. The van der Waals surface area contributed by atoms with E-state index in [1.54, 1.807) is 0 Å². The molecule has 1 nitrogen and oxygen atoms in total. The summed E-state index contributed by atoms with van der Waals surface area (Å²) in [5.74, 6) is 0. The van der Waals surface area contributed by atoms with E-state index >= 15 is 0 Å². The van der Waals surface area contributed by atoms with Gasteiger partial charge in [-0.15, -0.1) is 0 Å². The van der Waals surface area contributed by atoms with Crippen LogP contribution in [0.2, 0.25) is 0 Å². The Morgan fingerprint density at radius 1 is 1.40 bits per heavy atom. The third kappa shape index (κ3) is 1.72. The zero-order chi connectivity index (χ0) is 10.7. The van der Waals surface area contributed by atoms with Crippen molar-refractivity contribution >= 4 is 0 Å². The van der Waals surface area contributed by atoms with Crippen LogP contribution in [0.25, 0.3) is 0 Å². The Hall–Kier alpha value is -1.08. The van der Waals surface area contributed by atoms with E-state index < -0.39 is 0 Å². The summed E-state index contributed by atoms with van der Waals surface area (Å²) in [5, 5.41) is 3.42. The number of nitrogens with one attached hydrogen (secondary N) is 1. The quantitative estimate of drug-likeness (QED) is 0.724. The Bertz CT molecular complexity index is 338. The van der Waals surface area contributed by atoms with Crippen LogP contribution in [0, 0.1) is 5.41 Å². The zero-order valence-corrected chi connectivity index (χ0v) is 9.42. The molecule has 0 atom stereocenters. The van der Waals surface area contributed by atoms with Crippen molar-refractivity contribution in [1.82, 2.24) is 5.32 Å². The molecule has 1 fully saturated rings. The Balaban J connectivity index is 2.35. The van der Waals surface area contributed by atoms with Crippen LogP contribution in [0.1, 0.15) is 19.8 Å². The molecule has 1 N–H and O–H groups in total. The molecule has 0 bridgehead atoms. The lowest BCUT2D eigenvalue weighted by molar-refractivity contribution is 0.333. The molecule has 0 unspecified atom stereocenters. The van der Waals surface area contributed by atoms with E-state index in [9.17, 15) is 0 Å². The Morgan fingerprint density at radius 3 is 2.73 bits per heavy atom. The molecule has 1 saturated heterocycles. The maximum atomic E-state index is 3.97. The third-order valence-electron chi connectivity index (χ3n) is 3.48. The highest BCUT2D eigenvalue weighted by molar-refractivity contribution is 5.52. The highest BCUT2D eigenvalue weighted by Gasteiger charge is 2.35. The Kier molecular flexibility index (Phi) is 2.92. The third-order valence-corrected chi connectivity index (χ3v) is 3.48. The first-order valence-electron chi connectivity index (χ1n) is 5.72. The van der Waals surface area contributed by atoms with Gasteiger partial charge < -0.3 is 5.32 Å². The molecule has 1 aliphatic carbocycles. The van der Waals surface area contributed by atoms with Gasteiger partial charge in [0.05, 0.1) is 0 Å². The van der Waals surface area contributed by atoms with Crippen LogP contribution in [0.4, 0.5) is 0 Å². The van der Waals surface area contributed by atoms with Gasteiger partial charge in [-0.05, 0) is 44.0 Å². The number of allylic oxidation sites excluding steroid dienone is 7. The first-order chi connectivity index (χ1) is 7.32. The maximum Gasteiger partial charge on any atom is 0.0165 e. The summed E-state index contributed by atoms with van der Waals surface area (Å²) >= 11 is 0. The van der Waals surface area contributed by atoms with Gasteiger partial charge in [-0.25, -0.2) is 0 Å². The van der Waals surface area contributed by atoms with Crippen LogP contribution in [0.15, 0.2) is 48.1 Å². The topological polar surface area (TPSA) is 12.0 Å². The van der Waals surface area contributed by atoms with E-state index in [4.69, 9.17) is 0 Å². The Labute approximate surface area is 92.3 Å². The molecule has 1 heterocycles. The fourth-order valence-electron chi connectivity index (χ4n) is 2.67. The first-order valence-corrected chi connectivity index (χ1v) is 5.72. The summed E-state index contributed by atoms with van der Waals surface area (Å²) < 4.78 is 0. The molecule has 0 amide bonds. The van der Waals surface area contributed by atoms with Crippen LogP contribution < -0.4 is 5.32 Å². The van der Waals surface area contributed by atoms with Crippen molar-refractivity contribution in [2.45, 2.75) is 19.8 Å². The van der Waals surface area contributed by atoms with Crippen LogP contribution in [-0.2, 0) is 0 Å². The standard InChI is InChI=1S/C14H19N/c1-3-5-12-6-7-14(13(12)4-2)8-10-15-11-9-14/h3-7,15H,2,8-11H2,1H3/b5-3-. The van der Waals surface area contributed by atoms with Gasteiger partial charge in [-0.1, -0.05) is 37.0 Å². The minimum absolute atomic E-state index is 0.280. The van der Waals surface area contributed by atoms with Crippen molar-refractivity contribution in [2.24, 2.45) is 5.41 Å². The highest BCUT2D eigenvalue weighted by atomic mass is 14.9. The lowest BCUT2D eigenvalue weighted by atomic mass is 9.74. The lowest BCUT2D eigenvalue weighted by Crippen LogP contribution is -2.35. The molecule has 1 aliphatic heterocycles. The fourth-order valence-corrected chi connectivity index (χ4v) is 2.67. The summed E-state index contributed by atoms with van der Waals surface area (Å²) in [4.78, 5) is 0. The maximum absolute atomic E-state index is 3.97. The molecule has 1 heteroatoms. The SMILES string of the molecule is C=CC1=C(/C=C\C)C=CC12CCNCC2. The summed E-state index contributed by atoms with van der Waals surface area (Å²) in [7, 11) is 0. The van der Waals surface area contributed by atoms with Crippen molar-refractivity contribution in [3.63, 3.8) is 0 Å². The van der Waals surface area contributed by atoms with E-state index in [1.165, 1.54) is 24.0 Å². The highest BCUT2D eigenvalue weighted by Crippen LogP contribution is 2.45. The van der Waals surface area contributed by atoms with Crippen molar-refractivity contribution in [3.05, 3.63) is 48.1 Å². The summed E-state index contributed by atoms with van der Waals surface area (Å²) in [6.07, 6.45) is 13.4. The molecular formula is C14H19N. The van der Waals surface area contributed by atoms with Gasteiger partial charge in [0, 0.05) is 5.41 Å². The minimum Gasteiger partial charge on any atom is -0.317 e. The van der Waals surface area contributed by atoms with Crippen LogP contribution in [0.5, 0.6) is 0 Å². The fraction of sp³-hybridized carbons (Fsp3) is 0.429. The second kappa shape index (κ2) is 4.19. The minimum atomic E-state index is 0.280. The van der Waals surface area contributed by atoms with Gasteiger partial charge in [0.1, 0.15) is 0 Å². The average Bonchev–Trinajstić information content (AvgIpc) is 2.58. The van der Waals surface area contributed by atoms with Crippen molar-refractivity contribution in [1.29, 1.82) is 0 Å². The number of hydrogen-bond donors (Lipinski definition) is 1. The van der Waals surface area contributed by atoms with E-state index in [2.05, 4.69) is 43.1 Å². The van der Waals surface area contributed by atoms with Gasteiger partial charge in [0.25, 0.3) is 0 Å². The van der Waals surface area contributed by atoms with Crippen LogP contribution >= 0.6 is 0 Å². The second-order valence-electron chi connectivity index (χ2n) is 4.31. The van der Waals surface area contributed by atoms with Gasteiger partial charge in [-0.2, -0.15) is 0 Å². The predicted octanol–water partition coefficient (Wildman–Crippen LogP) is 2.98. The molecule has 15 heavy (non-hydrogen) atoms. The van der Waals surface area contributed by atoms with Crippen molar-refractivity contribution in [3.8, 4) is 0 Å². The van der Waals surface area contributed by atoms with Gasteiger partial charge in [-0.3, -0.25) is 0 Å². The predicted molar refractivity (Wildman–Crippen MR) is 65.7 cm³/mol. The van der Waals surface area contributed by atoms with Gasteiger partial charge in [0.15, 0.2) is 0 Å². The molecule has 0 aromatic carbocycles. The molecule has 2 rings (SSSR count). The van der Waals surface area contributed by atoms with E-state index in [0.717, 1.165) is 13.1 Å². The van der Waals surface area contributed by atoms with E-state index in [-0.39, 0.29) is 5.41 Å². The number of hydrogen-bond acceptors (Lipinski definition) is 1. The smallest absolute Gasteiger partial charge is 0.0165 e. The zero-order valence-electron chi connectivity index (χ0n) is 9.42. The summed E-state index contributed by atoms with van der Waals surface area (Å²) in [6, 6.07) is 0. The molecule has 80 valence electrons. The first kappa shape index (κ1) is 10.4. The average molecular weight is 201 g/mol. The molecule has 2 aliphatic rings. The second-order valence-corrected chi connectivity index (χ2v) is 4.31. The largest absolute Gasteiger partial charge is 0.317 e. The van der Waals surface area contributed by atoms with E-state index in [0.29, 0.717) is 0 Å². The van der Waals surface area contributed by atoms with Crippen molar-refractivity contribution < 1.29 is 0 Å². The molecule has 1 spiro atoms. The molecule has 0 saturated carbocycles. The van der Waals surface area contributed by atoms with Gasteiger partial charge >= 0.3 is 0 Å². The number of piperidine rings is 1. The van der Waals surface area contributed by atoms with Gasteiger partial charge in [0.2, 0.25) is 0 Å². The summed E-state index contributed by atoms with van der Waals surface area (Å²) in [5.41, 5.74) is 3.04. The molecule has 0 radical (unpaired) electrons. The normalized spacial score (nSPS) is 24.3. The lowest BCUT2D eigenvalue weighted by Gasteiger charge is -2.34. The van der Waals surface area contributed by atoms with Crippen LogP contribution in [0.3, 0.4) is 0 Å². The monoisotopic (exact) mass is 201 g/mol. The van der Waals surface area contributed by atoms with Crippen LogP contribution in [-0.4, -0.2) is 13.1 Å². The van der Waals surface area contributed by atoms with E-state index in [1.807, 2.05) is 6.08 Å². The Morgan fingerprint density at radius 2 is 2.13 bits per heavy atom. The molecule has 0 aromatic rings. The van der Waals surface area contributed by atoms with Crippen molar-refractivity contribution in [2.75, 3.05) is 13.1 Å².